The summed E-state index contributed by atoms with van der Waals surface area (Å²) >= 11 is 0. The van der Waals surface area contributed by atoms with Crippen LogP contribution < -0.4 is 0 Å². The summed E-state index contributed by atoms with van der Waals surface area (Å²) in [6.07, 6.45) is 4.47. The molecule has 2 heteroatoms. The fourth-order valence-corrected chi connectivity index (χ4v) is 1.12. The lowest BCUT2D eigenvalue weighted by molar-refractivity contribution is -0.142. The molecule has 0 spiro atoms. The quantitative estimate of drug-likeness (QED) is 0.468. The van der Waals surface area contributed by atoms with Gasteiger partial charge in [0.15, 0.2) is 0 Å². The molecule has 0 aliphatic carbocycles. The molecule has 13 heavy (non-hydrogen) atoms. The summed E-state index contributed by atoms with van der Waals surface area (Å²) in [6.45, 7) is 9.66. The highest BCUT2D eigenvalue weighted by Gasteiger charge is 2.06. The van der Waals surface area contributed by atoms with Gasteiger partial charge in [0.25, 0.3) is 0 Å². The van der Waals surface area contributed by atoms with Crippen LogP contribution in [0.1, 0.15) is 40.0 Å². The first-order valence-electron chi connectivity index (χ1n) is 4.89. The number of carbonyl (C=O) groups excluding carboxylic acids is 1. The summed E-state index contributed by atoms with van der Waals surface area (Å²) in [5.74, 6) is 0.402. The zero-order valence-electron chi connectivity index (χ0n) is 8.88. The summed E-state index contributed by atoms with van der Waals surface area (Å²) in [5, 5.41) is 0. The van der Waals surface area contributed by atoms with Gasteiger partial charge in [-0.1, -0.05) is 26.8 Å². The minimum atomic E-state index is -0.322. The first kappa shape index (κ1) is 12.2. The van der Waals surface area contributed by atoms with Crippen molar-refractivity contribution in [3.63, 3.8) is 0 Å². The molecule has 0 amide bonds. The molecule has 0 aromatic rings. The van der Waals surface area contributed by atoms with Crippen molar-refractivity contribution in [3.05, 3.63) is 12.7 Å². The van der Waals surface area contributed by atoms with Gasteiger partial charge in [-0.2, -0.15) is 0 Å². The van der Waals surface area contributed by atoms with Crippen LogP contribution >= 0.6 is 0 Å². The van der Waals surface area contributed by atoms with Gasteiger partial charge < -0.3 is 4.74 Å². The molecule has 2 nitrogen and oxygen atoms in total. The predicted octanol–water partition coefficient (Wildman–Crippen LogP) is 2.93. The van der Waals surface area contributed by atoms with Crippen LogP contribution in [0.15, 0.2) is 12.7 Å². The van der Waals surface area contributed by atoms with E-state index in [1.165, 1.54) is 12.5 Å². The van der Waals surface area contributed by atoms with Gasteiger partial charge in [0.1, 0.15) is 0 Å². The number of hydrogen-bond acceptors (Lipinski definition) is 2. The Labute approximate surface area is 81.0 Å². The zero-order chi connectivity index (χ0) is 10.3. The Balaban J connectivity index is 3.45. The van der Waals surface area contributed by atoms with E-state index in [-0.39, 0.29) is 12.1 Å². The second kappa shape index (κ2) is 6.70. The molecule has 0 N–H and O–H groups in total. The highest BCUT2D eigenvalue weighted by atomic mass is 16.5. The van der Waals surface area contributed by atoms with Crippen LogP contribution in [0, 0.1) is 5.92 Å². The Morgan fingerprint density at radius 1 is 1.38 bits per heavy atom. The van der Waals surface area contributed by atoms with Gasteiger partial charge >= 0.3 is 5.97 Å². The normalized spacial score (nSPS) is 12.6. The Morgan fingerprint density at radius 2 is 2.00 bits per heavy atom. The lowest BCUT2D eigenvalue weighted by Gasteiger charge is -2.12. The van der Waals surface area contributed by atoms with Crippen LogP contribution in [-0.4, -0.2) is 12.1 Å². The molecule has 0 fully saturated rings. The van der Waals surface area contributed by atoms with Crippen molar-refractivity contribution in [2.45, 2.75) is 46.1 Å². The smallest absolute Gasteiger partial charge is 0.330 e. The Hall–Kier alpha value is -0.790. The van der Waals surface area contributed by atoms with Crippen LogP contribution in [-0.2, 0) is 9.53 Å². The average Bonchev–Trinajstić information content (AvgIpc) is 2.03. The summed E-state index contributed by atoms with van der Waals surface area (Å²) in [4.78, 5) is 10.8. The fourth-order valence-electron chi connectivity index (χ4n) is 1.12. The molecule has 76 valence electrons. The average molecular weight is 184 g/mol. The van der Waals surface area contributed by atoms with Crippen molar-refractivity contribution in [2.75, 3.05) is 0 Å². The van der Waals surface area contributed by atoms with Crippen LogP contribution in [0.3, 0.4) is 0 Å². The molecule has 0 aliphatic rings. The highest BCUT2D eigenvalue weighted by molar-refractivity contribution is 5.81. The van der Waals surface area contributed by atoms with Gasteiger partial charge in [-0.3, -0.25) is 0 Å². The van der Waals surface area contributed by atoms with Gasteiger partial charge in [-0.05, 0) is 25.7 Å². The van der Waals surface area contributed by atoms with Crippen molar-refractivity contribution >= 4 is 5.97 Å². The van der Waals surface area contributed by atoms with Crippen molar-refractivity contribution in [1.29, 1.82) is 0 Å². The molecule has 0 heterocycles. The largest absolute Gasteiger partial charge is 0.460 e. The second-order valence-corrected chi connectivity index (χ2v) is 3.78. The molecule has 0 aliphatic heterocycles. The molecule has 0 aromatic heterocycles. The SMILES string of the molecule is C=CC(=O)OC(C)CCCC(C)C. The van der Waals surface area contributed by atoms with Gasteiger partial charge in [0.05, 0.1) is 6.10 Å². The predicted molar refractivity (Wildman–Crippen MR) is 54.4 cm³/mol. The fraction of sp³-hybridized carbons (Fsp3) is 0.727. The van der Waals surface area contributed by atoms with E-state index in [2.05, 4.69) is 20.4 Å². The first-order chi connectivity index (χ1) is 6.06. The highest BCUT2D eigenvalue weighted by Crippen LogP contribution is 2.10. The standard InChI is InChI=1S/C11H20O2/c1-5-11(12)13-10(4)8-6-7-9(2)3/h5,9-10H,1,6-8H2,2-4H3. The maximum Gasteiger partial charge on any atom is 0.330 e. The van der Waals surface area contributed by atoms with E-state index in [1.807, 2.05) is 6.92 Å². The van der Waals surface area contributed by atoms with Crippen LogP contribution in [0.2, 0.25) is 0 Å². The monoisotopic (exact) mass is 184 g/mol. The molecule has 0 rings (SSSR count). The van der Waals surface area contributed by atoms with Crippen LogP contribution in [0.4, 0.5) is 0 Å². The molecular weight excluding hydrogens is 164 g/mol. The van der Waals surface area contributed by atoms with Crippen molar-refractivity contribution in [1.82, 2.24) is 0 Å². The zero-order valence-corrected chi connectivity index (χ0v) is 8.88. The number of ether oxygens (including phenoxy) is 1. The summed E-state index contributed by atoms with van der Waals surface area (Å²) < 4.78 is 5.02. The third-order valence-corrected chi connectivity index (χ3v) is 1.88. The number of carbonyl (C=O) groups is 1. The van der Waals surface area contributed by atoms with E-state index < -0.39 is 0 Å². The lowest BCUT2D eigenvalue weighted by Crippen LogP contribution is -2.12. The minimum Gasteiger partial charge on any atom is -0.460 e. The Kier molecular flexibility index (Phi) is 6.29. The molecule has 0 radical (unpaired) electrons. The van der Waals surface area contributed by atoms with E-state index in [0.29, 0.717) is 0 Å². The molecule has 0 saturated heterocycles. The van der Waals surface area contributed by atoms with Crippen LogP contribution in [0.5, 0.6) is 0 Å². The topological polar surface area (TPSA) is 26.3 Å². The summed E-state index contributed by atoms with van der Waals surface area (Å²) in [5.41, 5.74) is 0. The summed E-state index contributed by atoms with van der Waals surface area (Å²) in [7, 11) is 0. The third-order valence-electron chi connectivity index (χ3n) is 1.88. The van der Waals surface area contributed by atoms with E-state index in [0.717, 1.165) is 18.8 Å². The van der Waals surface area contributed by atoms with E-state index in [9.17, 15) is 4.79 Å². The van der Waals surface area contributed by atoms with Crippen molar-refractivity contribution in [2.24, 2.45) is 5.92 Å². The molecular formula is C11H20O2. The maximum absolute atomic E-state index is 10.8. The van der Waals surface area contributed by atoms with Gasteiger partial charge in [-0.15, -0.1) is 0 Å². The van der Waals surface area contributed by atoms with E-state index >= 15 is 0 Å². The first-order valence-corrected chi connectivity index (χ1v) is 4.89. The third kappa shape index (κ3) is 7.57. The van der Waals surface area contributed by atoms with Gasteiger partial charge in [-0.25, -0.2) is 4.79 Å². The number of rotatable bonds is 6. The molecule has 0 saturated carbocycles. The van der Waals surface area contributed by atoms with Gasteiger partial charge in [0.2, 0.25) is 0 Å². The van der Waals surface area contributed by atoms with E-state index in [1.54, 1.807) is 0 Å². The summed E-state index contributed by atoms with van der Waals surface area (Å²) in [6, 6.07) is 0. The number of esters is 1. The molecule has 1 atom stereocenters. The minimum absolute atomic E-state index is 0.0178. The lowest BCUT2D eigenvalue weighted by atomic mass is 10.0. The van der Waals surface area contributed by atoms with Crippen molar-refractivity contribution in [3.8, 4) is 0 Å². The molecule has 1 unspecified atom stereocenters. The second-order valence-electron chi connectivity index (χ2n) is 3.78. The Morgan fingerprint density at radius 3 is 2.46 bits per heavy atom. The van der Waals surface area contributed by atoms with E-state index in [4.69, 9.17) is 4.74 Å². The Bertz CT molecular complexity index is 161. The van der Waals surface area contributed by atoms with Gasteiger partial charge in [0, 0.05) is 6.08 Å². The molecule has 0 bridgehead atoms. The van der Waals surface area contributed by atoms with Crippen LogP contribution in [0.25, 0.3) is 0 Å². The molecule has 0 aromatic carbocycles. The maximum atomic E-state index is 10.8. The van der Waals surface area contributed by atoms with Crippen molar-refractivity contribution < 1.29 is 9.53 Å². The number of hydrogen-bond donors (Lipinski definition) is 0.